The molecule has 0 atom stereocenters. The lowest BCUT2D eigenvalue weighted by molar-refractivity contribution is 0.0557. The first kappa shape index (κ1) is 12.7. The summed E-state index contributed by atoms with van der Waals surface area (Å²) in [5.41, 5.74) is 0.275. The third kappa shape index (κ3) is 2.22. The molecule has 6 heteroatoms. The second-order valence-corrected chi connectivity index (χ2v) is 3.97. The second kappa shape index (κ2) is 5.08. The lowest BCUT2D eigenvalue weighted by atomic mass is 10.1. The van der Waals surface area contributed by atoms with Crippen molar-refractivity contribution < 1.29 is 19.1 Å². The van der Waals surface area contributed by atoms with E-state index in [1.54, 1.807) is 12.1 Å². The molecule has 0 amide bonds. The molecule has 0 spiro atoms. The molecular formula is C10H8O4Si2. The molecular weight excluding hydrogens is 240 g/mol. The predicted octanol–water partition coefficient (Wildman–Crippen LogP) is -1.15. The van der Waals surface area contributed by atoms with Crippen molar-refractivity contribution in [3.8, 4) is 0 Å². The van der Waals surface area contributed by atoms with Crippen molar-refractivity contribution in [3.63, 3.8) is 0 Å². The van der Waals surface area contributed by atoms with Gasteiger partial charge in [-0.1, -0.05) is 22.5 Å². The number of carbonyl (C=O) groups excluding carboxylic acids is 2. The molecule has 0 heterocycles. The van der Waals surface area contributed by atoms with Crippen molar-refractivity contribution >= 4 is 42.8 Å². The molecule has 16 heavy (non-hydrogen) atoms. The molecule has 0 saturated carbocycles. The molecule has 0 saturated heterocycles. The summed E-state index contributed by atoms with van der Waals surface area (Å²) in [4.78, 5) is 23.1. The van der Waals surface area contributed by atoms with Gasteiger partial charge in [0.15, 0.2) is 0 Å². The topological polar surface area (TPSA) is 52.6 Å². The van der Waals surface area contributed by atoms with Gasteiger partial charge in [0.25, 0.3) is 0 Å². The number of rotatable bonds is 2. The number of carbonyl (C=O) groups is 2. The van der Waals surface area contributed by atoms with Crippen LogP contribution >= 0.6 is 0 Å². The summed E-state index contributed by atoms with van der Waals surface area (Å²) < 4.78 is 9.22. The van der Waals surface area contributed by atoms with Crippen molar-refractivity contribution in [1.29, 1.82) is 0 Å². The summed E-state index contributed by atoms with van der Waals surface area (Å²) in [6.07, 6.45) is 0. The Morgan fingerprint density at radius 3 is 1.50 bits per heavy atom. The van der Waals surface area contributed by atoms with E-state index in [2.05, 4.69) is 30.0 Å². The molecule has 6 radical (unpaired) electrons. The minimum Gasteiger partial charge on any atom is -0.465 e. The molecule has 0 fully saturated rings. The highest BCUT2D eigenvalue weighted by molar-refractivity contribution is 6.42. The van der Waals surface area contributed by atoms with Crippen molar-refractivity contribution in [2.45, 2.75) is 0 Å². The van der Waals surface area contributed by atoms with Gasteiger partial charge in [-0.2, -0.15) is 0 Å². The average Bonchev–Trinajstić information content (AvgIpc) is 2.29. The second-order valence-electron chi connectivity index (χ2n) is 2.89. The van der Waals surface area contributed by atoms with E-state index in [1.165, 1.54) is 14.2 Å². The van der Waals surface area contributed by atoms with Crippen molar-refractivity contribution in [2.75, 3.05) is 14.2 Å². The van der Waals surface area contributed by atoms with Gasteiger partial charge < -0.3 is 9.47 Å². The fourth-order valence-corrected chi connectivity index (χ4v) is 1.85. The Labute approximate surface area is 99.8 Å². The third-order valence-corrected chi connectivity index (χ3v) is 2.82. The van der Waals surface area contributed by atoms with Crippen LogP contribution < -0.4 is 10.4 Å². The van der Waals surface area contributed by atoms with Crippen LogP contribution in [-0.2, 0) is 9.47 Å². The molecule has 0 aliphatic rings. The Kier molecular flexibility index (Phi) is 4.02. The van der Waals surface area contributed by atoms with E-state index >= 15 is 0 Å². The molecule has 1 rings (SSSR count). The SMILES string of the molecule is COC(=O)c1c([Si])ccc([Si])c1C(=O)OC. The minimum absolute atomic E-state index is 0.138. The number of hydrogen-bond acceptors (Lipinski definition) is 4. The summed E-state index contributed by atoms with van der Waals surface area (Å²) in [6, 6.07) is 3.27. The zero-order valence-electron chi connectivity index (χ0n) is 8.79. The number of methoxy groups -OCH3 is 2. The van der Waals surface area contributed by atoms with E-state index in [4.69, 9.17) is 0 Å². The van der Waals surface area contributed by atoms with Gasteiger partial charge in [0, 0.05) is 0 Å². The summed E-state index contributed by atoms with van der Waals surface area (Å²) in [5, 5.41) is 0.934. The Morgan fingerprint density at radius 1 is 0.938 bits per heavy atom. The van der Waals surface area contributed by atoms with E-state index in [0.717, 1.165) is 0 Å². The normalized spacial score (nSPS) is 9.75. The van der Waals surface area contributed by atoms with Crippen LogP contribution in [0.1, 0.15) is 20.7 Å². The van der Waals surface area contributed by atoms with Crippen LogP contribution in [0.4, 0.5) is 0 Å². The standard InChI is InChI=1S/C10H8O4Si2/c1-13-9(11)7-5(15)3-4-6(16)8(7)10(12)14-2/h3-4H,1-2H3. The maximum absolute atomic E-state index is 11.5. The zero-order chi connectivity index (χ0) is 12.3. The van der Waals surface area contributed by atoms with Crippen LogP contribution in [0.25, 0.3) is 0 Å². The Balaban J connectivity index is 3.49. The monoisotopic (exact) mass is 248 g/mol. The van der Waals surface area contributed by atoms with Crippen LogP contribution in [0.3, 0.4) is 0 Å². The van der Waals surface area contributed by atoms with Gasteiger partial charge in [0.2, 0.25) is 0 Å². The van der Waals surface area contributed by atoms with Gasteiger partial charge in [0.1, 0.15) is 0 Å². The zero-order valence-corrected chi connectivity index (χ0v) is 10.8. The fraction of sp³-hybridized carbons (Fsp3) is 0.200. The number of hydrogen-bond donors (Lipinski definition) is 0. The largest absolute Gasteiger partial charge is 0.465 e. The van der Waals surface area contributed by atoms with Gasteiger partial charge in [-0.05, 0) is 0 Å². The highest BCUT2D eigenvalue weighted by Crippen LogP contribution is 2.06. The van der Waals surface area contributed by atoms with Crippen molar-refractivity contribution in [2.24, 2.45) is 0 Å². The molecule has 1 aromatic rings. The summed E-state index contributed by atoms with van der Waals surface area (Å²) in [5.74, 6) is -1.21. The molecule has 0 aliphatic carbocycles. The first-order chi connectivity index (χ1) is 7.52. The first-order valence-corrected chi connectivity index (χ1v) is 5.29. The van der Waals surface area contributed by atoms with Crippen LogP contribution in [0.2, 0.25) is 0 Å². The number of ether oxygens (including phenoxy) is 2. The summed E-state index contributed by atoms with van der Waals surface area (Å²) in [7, 11) is 8.98. The highest BCUT2D eigenvalue weighted by atomic mass is 28.1. The third-order valence-electron chi connectivity index (χ3n) is 1.98. The quantitative estimate of drug-likeness (QED) is 0.490. The number of esters is 2. The molecule has 0 aliphatic heterocycles. The fourth-order valence-electron chi connectivity index (χ4n) is 1.23. The molecule has 0 unspecified atom stereocenters. The van der Waals surface area contributed by atoms with E-state index in [0.29, 0.717) is 10.4 Å². The maximum Gasteiger partial charge on any atom is 0.338 e. The Morgan fingerprint density at radius 2 is 1.25 bits per heavy atom. The first-order valence-electron chi connectivity index (χ1n) is 4.29. The van der Waals surface area contributed by atoms with Crippen molar-refractivity contribution in [1.82, 2.24) is 0 Å². The van der Waals surface area contributed by atoms with Gasteiger partial charge in [-0.3, -0.25) is 0 Å². The summed E-state index contributed by atoms with van der Waals surface area (Å²) in [6.45, 7) is 0. The molecule has 0 aromatic heterocycles. The average molecular weight is 248 g/mol. The summed E-state index contributed by atoms with van der Waals surface area (Å²) >= 11 is 0. The lowest BCUT2D eigenvalue weighted by Gasteiger charge is -2.11. The van der Waals surface area contributed by atoms with Gasteiger partial charge >= 0.3 is 11.9 Å². The number of benzene rings is 1. The maximum atomic E-state index is 11.5. The van der Waals surface area contributed by atoms with Crippen LogP contribution in [0, 0.1) is 0 Å². The van der Waals surface area contributed by atoms with Crippen LogP contribution in [-0.4, -0.2) is 46.6 Å². The molecule has 80 valence electrons. The highest BCUT2D eigenvalue weighted by Gasteiger charge is 2.22. The van der Waals surface area contributed by atoms with Crippen LogP contribution in [0.15, 0.2) is 12.1 Å². The van der Waals surface area contributed by atoms with E-state index in [9.17, 15) is 9.59 Å². The van der Waals surface area contributed by atoms with Crippen molar-refractivity contribution in [3.05, 3.63) is 23.3 Å². The Bertz CT molecular complexity index is 402. The van der Waals surface area contributed by atoms with Gasteiger partial charge in [0.05, 0.1) is 45.8 Å². The molecule has 4 nitrogen and oxygen atoms in total. The van der Waals surface area contributed by atoms with Crippen LogP contribution in [0.5, 0.6) is 0 Å². The minimum atomic E-state index is -0.606. The smallest absolute Gasteiger partial charge is 0.338 e. The molecule has 0 N–H and O–H groups in total. The van der Waals surface area contributed by atoms with E-state index < -0.39 is 11.9 Å². The molecule has 1 aromatic carbocycles. The van der Waals surface area contributed by atoms with E-state index in [1.807, 2.05) is 0 Å². The molecule has 0 bridgehead atoms. The predicted molar refractivity (Wildman–Crippen MR) is 59.9 cm³/mol. The van der Waals surface area contributed by atoms with E-state index in [-0.39, 0.29) is 11.1 Å². The van der Waals surface area contributed by atoms with Gasteiger partial charge in [-0.15, -0.1) is 0 Å². The Hall–Kier alpha value is -1.41. The van der Waals surface area contributed by atoms with Gasteiger partial charge in [-0.25, -0.2) is 9.59 Å². The lowest BCUT2D eigenvalue weighted by Crippen LogP contribution is -2.30.